The smallest absolute Gasteiger partial charge is 0.238 e. The van der Waals surface area contributed by atoms with Crippen molar-refractivity contribution in [2.24, 2.45) is 0 Å². The van der Waals surface area contributed by atoms with E-state index in [2.05, 4.69) is 21.5 Å². The third-order valence-electron chi connectivity index (χ3n) is 1.37. The Morgan fingerprint density at radius 2 is 1.86 bits per heavy atom. The van der Waals surface area contributed by atoms with Crippen molar-refractivity contribution >= 4 is 24.3 Å². The number of anilines is 3. The highest BCUT2D eigenvalue weighted by molar-refractivity contribution is 5.71. The average molecular weight is 194 g/mol. The summed E-state index contributed by atoms with van der Waals surface area (Å²) in [4.78, 5) is 22.9. The lowest BCUT2D eigenvalue weighted by atomic mass is 10.5. The molecular formula is C7H10N6O. The quantitative estimate of drug-likeness (QED) is 0.478. The second-order valence-corrected chi connectivity index (χ2v) is 2.40. The molecule has 1 amide bonds. The number of nitrogens with two attached hydrogens (primary N) is 2. The summed E-state index contributed by atoms with van der Waals surface area (Å²) in [6.45, 7) is 3.77. The van der Waals surface area contributed by atoms with Crippen molar-refractivity contribution in [1.29, 1.82) is 0 Å². The van der Waals surface area contributed by atoms with Gasteiger partial charge in [0.2, 0.25) is 24.3 Å². The van der Waals surface area contributed by atoms with E-state index in [1.165, 1.54) is 11.0 Å². The van der Waals surface area contributed by atoms with Gasteiger partial charge in [-0.1, -0.05) is 6.08 Å². The Bertz CT molecular complexity index is 332. The van der Waals surface area contributed by atoms with Crippen LogP contribution in [0.15, 0.2) is 12.7 Å². The molecule has 0 spiro atoms. The van der Waals surface area contributed by atoms with E-state index < -0.39 is 0 Å². The molecule has 0 saturated carbocycles. The van der Waals surface area contributed by atoms with Gasteiger partial charge in [-0.3, -0.25) is 9.69 Å². The van der Waals surface area contributed by atoms with Gasteiger partial charge in [0.15, 0.2) is 0 Å². The summed E-state index contributed by atoms with van der Waals surface area (Å²) in [6.07, 6.45) is 2.10. The van der Waals surface area contributed by atoms with Crippen molar-refractivity contribution in [3.63, 3.8) is 0 Å². The van der Waals surface area contributed by atoms with E-state index in [4.69, 9.17) is 11.5 Å². The molecule has 0 unspecified atom stereocenters. The molecule has 74 valence electrons. The van der Waals surface area contributed by atoms with Gasteiger partial charge in [-0.25, -0.2) is 0 Å². The fourth-order valence-corrected chi connectivity index (χ4v) is 0.837. The van der Waals surface area contributed by atoms with Gasteiger partial charge in [-0.05, 0) is 0 Å². The van der Waals surface area contributed by atoms with Gasteiger partial charge in [0.05, 0.1) is 0 Å². The molecule has 1 heterocycles. The highest BCUT2D eigenvalue weighted by Crippen LogP contribution is 2.07. The molecule has 0 bridgehead atoms. The highest BCUT2D eigenvalue weighted by Gasteiger charge is 2.08. The minimum Gasteiger partial charge on any atom is -0.368 e. The number of amides is 1. The minimum atomic E-state index is -0.0246. The summed E-state index contributed by atoms with van der Waals surface area (Å²) in [7, 11) is 0. The molecule has 7 nitrogen and oxygen atoms in total. The molecule has 14 heavy (non-hydrogen) atoms. The molecule has 0 saturated heterocycles. The summed E-state index contributed by atoms with van der Waals surface area (Å²) in [5, 5.41) is 0. The monoisotopic (exact) mass is 194 g/mol. The van der Waals surface area contributed by atoms with Gasteiger partial charge in [0.25, 0.3) is 0 Å². The molecule has 0 aliphatic heterocycles. The van der Waals surface area contributed by atoms with Crippen molar-refractivity contribution in [3.8, 4) is 0 Å². The van der Waals surface area contributed by atoms with Gasteiger partial charge in [-0.15, -0.1) is 6.58 Å². The van der Waals surface area contributed by atoms with Crippen molar-refractivity contribution in [1.82, 2.24) is 15.0 Å². The van der Waals surface area contributed by atoms with Crippen LogP contribution in [0.4, 0.5) is 17.8 Å². The minimum absolute atomic E-state index is 0.0246. The number of hydrogen-bond donors (Lipinski definition) is 2. The zero-order chi connectivity index (χ0) is 10.6. The summed E-state index contributed by atoms with van der Waals surface area (Å²) in [5.74, 6) is 0.0664. The van der Waals surface area contributed by atoms with Gasteiger partial charge in [-0.2, -0.15) is 15.0 Å². The zero-order valence-electron chi connectivity index (χ0n) is 7.42. The molecule has 1 aromatic rings. The SMILES string of the molecule is C=CCN(C=O)c1nc(N)nc(N)n1. The molecule has 1 aromatic heterocycles. The van der Waals surface area contributed by atoms with Crippen molar-refractivity contribution in [2.45, 2.75) is 0 Å². The Morgan fingerprint density at radius 1 is 1.29 bits per heavy atom. The number of hydrogen-bond acceptors (Lipinski definition) is 6. The second-order valence-electron chi connectivity index (χ2n) is 2.40. The number of nitrogens with zero attached hydrogens (tertiary/aromatic N) is 4. The van der Waals surface area contributed by atoms with Crippen LogP contribution in [0.25, 0.3) is 0 Å². The maximum atomic E-state index is 10.6. The number of nitrogen functional groups attached to an aromatic ring is 2. The summed E-state index contributed by atoms with van der Waals surface area (Å²) in [6, 6.07) is 0. The molecule has 0 aliphatic carbocycles. The summed E-state index contributed by atoms with van der Waals surface area (Å²) < 4.78 is 0. The predicted molar refractivity (Wildman–Crippen MR) is 52.3 cm³/mol. The fraction of sp³-hybridized carbons (Fsp3) is 0.143. The summed E-state index contributed by atoms with van der Waals surface area (Å²) in [5.41, 5.74) is 10.7. The first-order chi connectivity index (χ1) is 6.67. The van der Waals surface area contributed by atoms with Crippen LogP contribution in [-0.2, 0) is 4.79 Å². The van der Waals surface area contributed by atoms with Crippen molar-refractivity contribution < 1.29 is 4.79 Å². The summed E-state index contributed by atoms with van der Waals surface area (Å²) >= 11 is 0. The van der Waals surface area contributed by atoms with Crippen molar-refractivity contribution in [3.05, 3.63) is 12.7 Å². The van der Waals surface area contributed by atoms with Crippen LogP contribution in [0.1, 0.15) is 0 Å². The maximum absolute atomic E-state index is 10.6. The van der Waals surface area contributed by atoms with Gasteiger partial charge in [0, 0.05) is 6.54 Å². The first-order valence-electron chi connectivity index (χ1n) is 3.77. The lowest BCUT2D eigenvalue weighted by Gasteiger charge is -2.12. The Morgan fingerprint density at radius 3 is 2.29 bits per heavy atom. The van der Waals surface area contributed by atoms with E-state index >= 15 is 0 Å². The van der Waals surface area contributed by atoms with E-state index in [0.717, 1.165) is 0 Å². The van der Waals surface area contributed by atoms with Crippen LogP contribution in [0.2, 0.25) is 0 Å². The second kappa shape index (κ2) is 4.17. The van der Waals surface area contributed by atoms with E-state index in [-0.39, 0.29) is 24.4 Å². The molecule has 0 aliphatic rings. The first kappa shape index (κ1) is 9.90. The zero-order valence-corrected chi connectivity index (χ0v) is 7.42. The molecule has 0 aromatic carbocycles. The fourth-order valence-electron chi connectivity index (χ4n) is 0.837. The third kappa shape index (κ3) is 2.16. The van der Waals surface area contributed by atoms with Crippen LogP contribution in [0.5, 0.6) is 0 Å². The third-order valence-corrected chi connectivity index (χ3v) is 1.37. The van der Waals surface area contributed by atoms with Crippen molar-refractivity contribution in [2.75, 3.05) is 22.9 Å². The van der Waals surface area contributed by atoms with Crippen LogP contribution in [0, 0.1) is 0 Å². The first-order valence-corrected chi connectivity index (χ1v) is 3.77. The molecule has 7 heteroatoms. The van der Waals surface area contributed by atoms with E-state index in [9.17, 15) is 4.79 Å². The molecule has 0 radical (unpaired) electrons. The van der Waals surface area contributed by atoms with Gasteiger partial charge < -0.3 is 11.5 Å². The predicted octanol–water partition coefficient (Wildman–Crippen LogP) is -0.815. The van der Waals surface area contributed by atoms with E-state index in [1.807, 2.05) is 0 Å². The maximum Gasteiger partial charge on any atom is 0.238 e. The van der Waals surface area contributed by atoms with Crippen LogP contribution < -0.4 is 16.4 Å². The lowest BCUT2D eigenvalue weighted by molar-refractivity contribution is -0.107. The Kier molecular flexibility index (Phi) is 2.95. The van der Waals surface area contributed by atoms with Gasteiger partial charge >= 0.3 is 0 Å². The number of rotatable bonds is 4. The lowest BCUT2D eigenvalue weighted by Crippen LogP contribution is -2.24. The van der Waals surface area contributed by atoms with Crippen LogP contribution >= 0.6 is 0 Å². The molecular weight excluding hydrogens is 184 g/mol. The topological polar surface area (TPSA) is 111 Å². The van der Waals surface area contributed by atoms with E-state index in [0.29, 0.717) is 6.41 Å². The average Bonchev–Trinajstić information content (AvgIpc) is 2.12. The Labute approximate surface area is 80.5 Å². The molecule has 0 fully saturated rings. The Hall–Kier alpha value is -2.18. The van der Waals surface area contributed by atoms with Gasteiger partial charge in [0.1, 0.15) is 0 Å². The molecule has 0 atom stereocenters. The molecule has 4 N–H and O–H groups in total. The largest absolute Gasteiger partial charge is 0.368 e. The number of aromatic nitrogens is 3. The number of carbonyl (C=O) groups excluding carboxylic acids is 1. The highest BCUT2D eigenvalue weighted by atomic mass is 16.1. The molecule has 1 rings (SSSR count). The van der Waals surface area contributed by atoms with E-state index in [1.54, 1.807) is 0 Å². The standard InChI is InChI=1S/C7H10N6O/c1-2-3-13(4-14)7-11-5(8)10-6(9)12-7/h2,4H,1,3H2,(H4,8,9,10,11,12). The number of carbonyl (C=O) groups is 1. The van der Waals surface area contributed by atoms with Crippen LogP contribution in [-0.4, -0.2) is 27.9 Å². The Balaban J connectivity index is 3.02. The normalized spacial score (nSPS) is 9.43. The van der Waals surface area contributed by atoms with Crippen LogP contribution in [0.3, 0.4) is 0 Å².